The molecule has 0 spiro atoms. The van der Waals surface area contributed by atoms with Crippen molar-refractivity contribution in [1.29, 1.82) is 0 Å². The minimum absolute atomic E-state index is 0.276. The van der Waals surface area contributed by atoms with Crippen LogP contribution >= 0.6 is 22.9 Å². The van der Waals surface area contributed by atoms with Gasteiger partial charge in [0.25, 0.3) is 5.91 Å². The first-order chi connectivity index (χ1) is 12.5. The maximum absolute atomic E-state index is 12.5. The van der Waals surface area contributed by atoms with Gasteiger partial charge < -0.3 is 9.30 Å². The van der Waals surface area contributed by atoms with E-state index in [1.807, 2.05) is 35.9 Å². The summed E-state index contributed by atoms with van der Waals surface area (Å²) in [4.78, 5) is 18.6. The first-order valence-electron chi connectivity index (χ1n) is 8.21. The Balaban J connectivity index is 2.04. The molecule has 1 aromatic heterocycles. The van der Waals surface area contributed by atoms with E-state index in [4.69, 9.17) is 16.3 Å². The van der Waals surface area contributed by atoms with Gasteiger partial charge in [-0.3, -0.25) is 4.79 Å². The molecule has 134 valence electrons. The highest BCUT2D eigenvalue weighted by atomic mass is 35.5. The van der Waals surface area contributed by atoms with Gasteiger partial charge in [-0.1, -0.05) is 18.5 Å². The van der Waals surface area contributed by atoms with E-state index < -0.39 is 0 Å². The van der Waals surface area contributed by atoms with Crippen LogP contribution in [0.15, 0.2) is 53.5 Å². The van der Waals surface area contributed by atoms with Crippen LogP contribution in [0.25, 0.3) is 11.3 Å². The maximum atomic E-state index is 12.5. The molecule has 3 rings (SSSR count). The van der Waals surface area contributed by atoms with E-state index in [1.165, 1.54) is 16.2 Å². The summed E-state index contributed by atoms with van der Waals surface area (Å²) >= 11 is 7.42. The molecule has 0 aliphatic rings. The topological polar surface area (TPSA) is 43.6 Å². The van der Waals surface area contributed by atoms with Crippen molar-refractivity contribution in [2.75, 3.05) is 7.11 Å². The summed E-state index contributed by atoms with van der Waals surface area (Å²) in [5, 5.41) is 0.596. The largest absolute Gasteiger partial charge is 0.497 e. The van der Waals surface area contributed by atoms with Gasteiger partial charge in [-0.05, 0) is 60.5 Å². The Hall–Kier alpha value is -2.37. The number of thiazole rings is 1. The number of halogens is 1. The summed E-state index contributed by atoms with van der Waals surface area (Å²) in [5.74, 6) is 0.537. The molecular weight excluding hydrogens is 368 g/mol. The molecule has 3 aromatic rings. The molecule has 0 aliphatic heterocycles. The van der Waals surface area contributed by atoms with Crippen molar-refractivity contribution >= 4 is 28.8 Å². The Bertz CT molecular complexity index is 986. The third-order valence-corrected chi connectivity index (χ3v) is 5.60. The number of aryl methyl sites for hydroxylation is 1. The fraction of sp³-hybridized carbons (Fsp3) is 0.200. The molecule has 0 N–H and O–H groups in total. The minimum Gasteiger partial charge on any atom is -0.497 e. The normalized spacial score (nSPS) is 11.6. The van der Waals surface area contributed by atoms with Crippen molar-refractivity contribution in [2.24, 2.45) is 12.0 Å². The molecule has 4 nitrogen and oxygen atoms in total. The van der Waals surface area contributed by atoms with E-state index in [-0.39, 0.29) is 5.91 Å². The Kier molecular flexibility index (Phi) is 5.59. The fourth-order valence-corrected chi connectivity index (χ4v) is 3.89. The van der Waals surface area contributed by atoms with Gasteiger partial charge in [0.05, 0.1) is 12.8 Å². The smallest absolute Gasteiger partial charge is 0.279 e. The van der Waals surface area contributed by atoms with Crippen molar-refractivity contribution in [3.05, 3.63) is 68.8 Å². The zero-order valence-electron chi connectivity index (χ0n) is 14.8. The van der Waals surface area contributed by atoms with Gasteiger partial charge in [-0.15, -0.1) is 11.3 Å². The zero-order chi connectivity index (χ0) is 18.7. The van der Waals surface area contributed by atoms with E-state index in [1.54, 1.807) is 31.4 Å². The molecule has 0 aliphatic carbocycles. The van der Waals surface area contributed by atoms with Gasteiger partial charge >= 0.3 is 0 Å². The van der Waals surface area contributed by atoms with Crippen LogP contribution in [0.1, 0.15) is 22.2 Å². The SMILES string of the molecule is CCc1sc(=NC(=O)c2ccc(Cl)cc2)n(C)c1-c1ccc(OC)cc1. The number of rotatable bonds is 4. The summed E-state index contributed by atoms with van der Waals surface area (Å²) in [6.07, 6.45) is 0.866. The summed E-state index contributed by atoms with van der Waals surface area (Å²) in [7, 11) is 3.58. The van der Waals surface area contributed by atoms with Crippen molar-refractivity contribution in [3.8, 4) is 17.0 Å². The number of amides is 1. The lowest BCUT2D eigenvalue weighted by Crippen LogP contribution is -2.14. The molecule has 26 heavy (non-hydrogen) atoms. The standard InChI is InChI=1S/C20H19ClN2O2S/c1-4-17-18(13-7-11-16(25-3)12-8-13)23(2)20(26-17)22-19(24)14-5-9-15(21)10-6-14/h5-12H,4H2,1-3H3. The number of ether oxygens (including phenoxy) is 1. The van der Waals surface area contributed by atoms with Gasteiger partial charge in [-0.25, -0.2) is 0 Å². The number of nitrogens with zero attached hydrogens (tertiary/aromatic N) is 2. The zero-order valence-corrected chi connectivity index (χ0v) is 16.4. The lowest BCUT2D eigenvalue weighted by atomic mass is 10.1. The maximum Gasteiger partial charge on any atom is 0.279 e. The number of hydrogen-bond donors (Lipinski definition) is 0. The molecule has 0 unspecified atom stereocenters. The molecule has 6 heteroatoms. The second-order valence-corrected chi connectivity index (χ2v) is 7.22. The minimum atomic E-state index is -0.276. The summed E-state index contributed by atoms with van der Waals surface area (Å²) in [5.41, 5.74) is 2.66. The highest BCUT2D eigenvalue weighted by Gasteiger charge is 2.13. The van der Waals surface area contributed by atoms with Crippen LogP contribution in [0, 0.1) is 0 Å². The number of carbonyl (C=O) groups excluding carboxylic acids is 1. The molecule has 1 amide bonds. The van der Waals surface area contributed by atoms with Crippen LogP contribution in [0.5, 0.6) is 5.75 Å². The first-order valence-corrected chi connectivity index (χ1v) is 9.40. The summed E-state index contributed by atoms with van der Waals surface area (Å²) in [6.45, 7) is 2.10. The van der Waals surface area contributed by atoms with Crippen LogP contribution in [-0.4, -0.2) is 17.6 Å². The van der Waals surface area contributed by atoms with E-state index in [2.05, 4.69) is 11.9 Å². The summed E-state index contributed by atoms with van der Waals surface area (Å²) < 4.78 is 7.20. The number of hydrogen-bond acceptors (Lipinski definition) is 3. The van der Waals surface area contributed by atoms with Crippen LogP contribution in [0.2, 0.25) is 5.02 Å². The van der Waals surface area contributed by atoms with Crippen molar-refractivity contribution in [2.45, 2.75) is 13.3 Å². The molecule has 0 fully saturated rings. The Morgan fingerprint density at radius 2 is 1.81 bits per heavy atom. The molecule has 2 aromatic carbocycles. The van der Waals surface area contributed by atoms with Crippen LogP contribution in [0.4, 0.5) is 0 Å². The molecule has 0 saturated carbocycles. The first kappa shape index (κ1) is 18.4. The Morgan fingerprint density at radius 1 is 1.15 bits per heavy atom. The highest BCUT2D eigenvalue weighted by molar-refractivity contribution is 7.09. The predicted octanol–water partition coefficient (Wildman–Crippen LogP) is 4.72. The van der Waals surface area contributed by atoms with Gasteiger partial charge in [0.15, 0.2) is 4.80 Å². The van der Waals surface area contributed by atoms with E-state index in [9.17, 15) is 4.79 Å². The number of methoxy groups -OCH3 is 1. The lowest BCUT2D eigenvalue weighted by Gasteiger charge is -2.07. The monoisotopic (exact) mass is 386 g/mol. The average molecular weight is 387 g/mol. The van der Waals surface area contributed by atoms with Crippen LogP contribution in [-0.2, 0) is 13.5 Å². The third-order valence-electron chi connectivity index (χ3n) is 4.07. The third kappa shape index (κ3) is 3.74. The summed E-state index contributed by atoms with van der Waals surface area (Å²) in [6, 6.07) is 14.7. The van der Waals surface area contributed by atoms with Crippen molar-refractivity contribution < 1.29 is 9.53 Å². The second-order valence-electron chi connectivity index (χ2n) is 5.72. The van der Waals surface area contributed by atoms with Crippen LogP contribution < -0.4 is 9.54 Å². The van der Waals surface area contributed by atoms with Gasteiger partial charge in [0, 0.05) is 22.5 Å². The average Bonchev–Trinajstić information content (AvgIpc) is 2.98. The van der Waals surface area contributed by atoms with Gasteiger partial charge in [0.1, 0.15) is 5.75 Å². The van der Waals surface area contributed by atoms with Gasteiger partial charge in [0.2, 0.25) is 0 Å². The van der Waals surface area contributed by atoms with Crippen molar-refractivity contribution in [3.63, 3.8) is 0 Å². The van der Waals surface area contributed by atoms with E-state index in [0.717, 1.165) is 23.4 Å². The lowest BCUT2D eigenvalue weighted by molar-refractivity contribution is 0.0998. The molecule has 0 radical (unpaired) electrons. The molecule has 0 saturated heterocycles. The molecular formula is C20H19ClN2O2S. The molecule has 0 bridgehead atoms. The number of benzene rings is 2. The van der Waals surface area contributed by atoms with Crippen molar-refractivity contribution in [1.82, 2.24) is 4.57 Å². The van der Waals surface area contributed by atoms with E-state index in [0.29, 0.717) is 15.4 Å². The Morgan fingerprint density at radius 3 is 2.38 bits per heavy atom. The quantitative estimate of drug-likeness (QED) is 0.651. The second kappa shape index (κ2) is 7.89. The number of carbonyl (C=O) groups is 1. The predicted molar refractivity (Wildman–Crippen MR) is 106 cm³/mol. The highest BCUT2D eigenvalue weighted by Crippen LogP contribution is 2.27. The number of aromatic nitrogens is 1. The fourth-order valence-electron chi connectivity index (χ4n) is 2.69. The van der Waals surface area contributed by atoms with Crippen LogP contribution in [0.3, 0.4) is 0 Å². The Labute approximate surface area is 161 Å². The van der Waals surface area contributed by atoms with Gasteiger partial charge in [-0.2, -0.15) is 4.99 Å². The van der Waals surface area contributed by atoms with E-state index >= 15 is 0 Å². The molecule has 0 atom stereocenters. The molecule has 1 heterocycles.